The third kappa shape index (κ3) is 2.96. The van der Waals surface area contributed by atoms with Crippen LogP contribution in [0.4, 0.5) is 5.69 Å². The number of nitrogens with two attached hydrogens (primary N) is 1. The molecule has 1 aromatic carbocycles. The van der Waals surface area contributed by atoms with Crippen LogP contribution in [-0.2, 0) is 17.6 Å². The maximum atomic E-state index is 12.0. The number of nitrogens with zero attached hydrogens (tertiary/aromatic N) is 1. The number of likely N-dealkylation sites (tertiary alicyclic amines) is 1. The first-order chi connectivity index (χ1) is 9.20. The molecule has 1 atom stereocenters. The summed E-state index contributed by atoms with van der Waals surface area (Å²) in [5.74, 6) is 0.0621. The van der Waals surface area contributed by atoms with Crippen LogP contribution in [0.15, 0.2) is 18.2 Å². The van der Waals surface area contributed by atoms with Crippen molar-refractivity contribution in [3.05, 3.63) is 29.3 Å². The lowest BCUT2D eigenvalue weighted by molar-refractivity contribution is -0.117. The van der Waals surface area contributed by atoms with E-state index in [-0.39, 0.29) is 11.9 Å². The molecule has 19 heavy (non-hydrogen) atoms. The molecule has 0 aromatic heterocycles. The van der Waals surface area contributed by atoms with Crippen molar-refractivity contribution < 1.29 is 4.79 Å². The Hall–Kier alpha value is -1.39. The first kappa shape index (κ1) is 12.6. The van der Waals surface area contributed by atoms with Gasteiger partial charge in [-0.2, -0.15) is 0 Å². The Kier molecular flexibility index (Phi) is 3.53. The molecule has 1 aromatic rings. The molecule has 2 aliphatic rings. The van der Waals surface area contributed by atoms with E-state index < -0.39 is 0 Å². The SMILES string of the molecule is NC1CCN(CC(=O)Nc2ccc3c(c2)CCC3)C1. The quantitative estimate of drug-likeness (QED) is 0.856. The van der Waals surface area contributed by atoms with Gasteiger partial charge in [0.2, 0.25) is 5.91 Å². The number of amides is 1. The second kappa shape index (κ2) is 5.31. The molecule has 1 heterocycles. The van der Waals surface area contributed by atoms with E-state index >= 15 is 0 Å². The Morgan fingerprint density at radius 2 is 2.21 bits per heavy atom. The summed E-state index contributed by atoms with van der Waals surface area (Å²) in [5.41, 5.74) is 9.59. The van der Waals surface area contributed by atoms with Gasteiger partial charge in [-0.3, -0.25) is 9.69 Å². The average Bonchev–Trinajstić information content (AvgIpc) is 2.97. The molecule has 1 amide bonds. The summed E-state index contributed by atoms with van der Waals surface area (Å²) in [5, 5.41) is 2.99. The maximum Gasteiger partial charge on any atom is 0.238 e. The third-order valence-corrected chi connectivity index (χ3v) is 4.06. The predicted octanol–water partition coefficient (Wildman–Crippen LogP) is 1.15. The molecule has 102 valence electrons. The average molecular weight is 259 g/mol. The van der Waals surface area contributed by atoms with E-state index in [2.05, 4.69) is 22.3 Å². The van der Waals surface area contributed by atoms with Crippen molar-refractivity contribution in [3.8, 4) is 0 Å². The summed E-state index contributed by atoms with van der Waals surface area (Å²) in [7, 11) is 0. The van der Waals surface area contributed by atoms with Crippen LogP contribution in [0.3, 0.4) is 0 Å². The van der Waals surface area contributed by atoms with Gasteiger partial charge in [0.15, 0.2) is 0 Å². The number of benzene rings is 1. The number of nitrogens with one attached hydrogen (secondary N) is 1. The van der Waals surface area contributed by atoms with E-state index in [0.29, 0.717) is 6.54 Å². The number of carbonyl (C=O) groups is 1. The number of hydrogen-bond donors (Lipinski definition) is 2. The van der Waals surface area contributed by atoms with Gasteiger partial charge in [0.1, 0.15) is 0 Å². The molecule has 3 rings (SSSR count). The molecule has 0 saturated carbocycles. The number of hydrogen-bond acceptors (Lipinski definition) is 3. The monoisotopic (exact) mass is 259 g/mol. The van der Waals surface area contributed by atoms with Gasteiger partial charge in [-0.15, -0.1) is 0 Å². The molecule has 1 fully saturated rings. The molecule has 0 bridgehead atoms. The van der Waals surface area contributed by atoms with Gasteiger partial charge in [0, 0.05) is 24.8 Å². The molecular formula is C15H21N3O. The van der Waals surface area contributed by atoms with Crippen molar-refractivity contribution in [1.82, 2.24) is 4.90 Å². The van der Waals surface area contributed by atoms with Gasteiger partial charge in [0.25, 0.3) is 0 Å². The number of fused-ring (bicyclic) bond motifs is 1. The molecule has 1 aliphatic heterocycles. The fourth-order valence-corrected chi connectivity index (χ4v) is 3.06. The van der Waals surface area contributed by atoms with Crippen LogP contribution >= 0.6 is 0 Å². The molecule has 0 radical (unpaired) electrons. The molecule has 1 unspecified atom stereocenters. The van der Waals surface area contributed by atoms with Crippen molar-refractivity contribution >= 4 is 11.6 Å². The first-order valence-corrected chi connectivity index (χ1v) is 7.10. The van der Waals surface area contributed by atoms with Crippen LogP contribution in [0.2, 0.25) is 0 Å². The zero-order valence-electron chi connectivity index (χ0n) is 11.2. The summed E-state index contributed by atoms with van der Waals surface area (Å²) in [6.07, 6.45) is 4.54. The number of anilines is 1. The molecule has 3 N–H and O–H groups in total. The van der Waals surface area contributed by atoms with Crippen molar-refractivity contribution in [2.24, 2.45) is 5.73 Å². The van der Waals surface area contributed by atoms with Crippen molar-refractivity contribution in [1.29, 1.82) is 0 Å². The molecule has 0 spiro atoms. The lowest BCUT2D eigenvalue weighted by Gasteiger charge is -2.15. The Labute approximate surface area is 114 Å². The summed E-state index contributed by atoms with van der Waals surface area (Å²) in [4.78, 5) is 14.1. The van der Waals surface area contributed by atoms with E-state index in [1.807, 2.05) is 6.07 Å². The summed E-state index contributed by atoms with van der Waals surface area (Å²) < 4.78 is 0. The van der Waals surface area contributed by atoms with Gasteiger partial charge < -0.3 is 11.1 Å². The van der Waals surface area contributed by atoms with Crippen LogP contribution in [-0.4, -0.2) is 36.5 Å². The van der Waals surface area contributed by atoms with Crippen molar-refractivity contribution in [2.45, 2.75) is 31.7 Å². The highest BCUT2D eigenvalue weighted by Gasteiger charge is 2.21. The zero-order chi connectivity index (χ0) is 13.2. The summed E-state index contributed by atoms with van der Waals surface area (Å²) >= 11 is 0. The van der Waals surface area contributed by atoms with Crippen LogP contribution in [0, 0.1) is 0 Å². The summed E-state index contributed by atoms with van der Waals surface area (Å²) in [6.45, 7) is 2.21. The van der Waals surface area contributed by atoms with E-state index in [1.54, 1.807) is 0 Å². The van der Waals surface area contributed by atoms with Gasteiger partial charge in [-0.1, -0.05) is 6.07 Å². The minimum absolute atomic E-state index is 0.0621. The number of aryl methyl sites for hydroxylation is 2. The van der Waals surface area contributed by atoms with Crippen LogP contribution in [0.1, 0.15) is 24.0 Å². The van der Waals surface area contributed by atoms with E-state index in [9.17, 15) is 4.79 Å². The highest BCUT2D eigenvalue weighted by Crippen LogP contribution is 2.24. The molecule has 1 aliphatic carbocycles. The van der Waals surface area contributed by atoms with Crippen molar-refractivity contribution in [3.63, 3.8) is 0 Å². The minimum atomic E-state index is 0.0621. The van der Waals surface area contributed by atoms with Crippen LogP contribution in [0.5, 0.6) is 0 Å². The van der Waals surface area contributed by atoms with Gasteiger partial charge >= 0.3 is 0 Å². The fourth-order valence-electron chi connectivity index (χ4n) is 3.06. The second-order valence-corrected chi connectivity index (χ2v) is 5.67. The minimum Gasteiger partial charge on any atom is -0.326 e. The van der Waals surface area contributed by atoms with Gasteiger partial charge in [0.05, 0.1) is 6.54 Å². The van der Waals surface area contributed by atoms with E-state index in [4.69, 9.17) is 5.73 Å². The lowest BCUT2D eigenvalue weighted by atomic mass is 10.1. The molecular weight excluding hydrogens is 238 g/mol. The second-order valence-electron chi connectivity index (χ2n) is 5.67. The largest absolute Gasteiger partial charge is 0.326 e. The molecule has 1 saturated heterocycles. The Morgan fingerprint density at radius 1 is 1.37 bits per heavy atom. The zero-order valence-corrected chi connectivity index (χ0v) is 11.2. The fraction of sp³-hybridized carbons (Fsp3) is 0.533. The standard InChI is InChI=1S/C15H21N3O/c16-13-6-7-18(9-13)10-15(19)17-14-5-4-11-2-1-3-12(11)8-14/h4-5,8,13H,1-3,6-7,9-10,16H2,(H,17,19). The normalized spacial score (nSPS) is 22.5. The Morgan fingerprint density at radius 3 is 3.00 bits per heavy atom. The predicted molar refractivity (Wildman–Crippen MR) is 76.1 cm³/mol. The van der Waals surface area contributed by atoms with Gasteiger partial charge in [-0.25, -0.2) is 0 Å². The lowest BCUT2D eigenvalue weighted by Crippen LogP contribution is -2.33. The van der Waals surface area contributed by atoms with Crippen LogP contribution < -0.4 is 11.1 Å². The first-order valence-electron chi connectivity index (χ1n) is 7.10. The Balaban J connectivity index is 1.57. The number of rotatable bonds is 3. The molecule has 4 heteroatoms. The Bertz CT molecular complexity index is 486. The van der Waals surface area contributed by atoms with E-state index in [0.717, 1.165) is 31.6 Å². The van der Waals surface area contributed by atoms with Crippen LogP contribution in [0.25, 0.3) is 0 Å². The van der Waals surface area contributed by atoms with E-state index in [1.165, 1.54) is 24.0 Å². The number of carbonyl (C=O) groups excluding carboxylic acids is 1. The smallest absolute Gasteiger partial charge is 0.238 e. The van der Waals surface area contributed by atoms with Gasteiger partial charge in [-0.05, 0) is 48.9 Å². The summed E-state index contributed by atoms with van der Waals surface area (Å²) in [6, 6.07) is 6.50. The highest BCUT2D eigenvalue weighted by molar-refractivity contribution is 5.92. The van der Waals surface area contributed by atoms with Crippen molar-refractivity contribution in [2.75, 3.05) is 25.0 Å². The topological polar surface area (TPSA) is 58.4 Å². The maximum absolute atomic E-state index is 12.0. The molecule has 4 nitrogen and oxygen atoms in total. The third-order valence-electron chi connectivity index (χ3n) is 4.06. The highest BCUT2D eigenvalue weighted by atomic mass is 16.2.